The first-order valence-electron chi connectivity index (χ1n) is 6.59. The fraction of sp³-hybridized carbons (Fsp3) is 0.143. The van der Waals surface area contributed by atoms with Crippen molar-refractivity contribution in [3.8, 4) is 0 Å². The van der Waals surface area contributed by atoms with E-state index < -0.39 is 0 Å². The first kappa shape index (κ1) is 16.6. The summed E-state index contributed by atoms with van der Waals surface area (Å²) in [5.74, 6) is -0.405. The maximum Gasteiger partial charge on any atom is 0.253 e. The number of nitrogens with two attached hydrogens (primary N) is 1. The van der Waals surface area contributed by atoms with E-state index in [1.807, 2.05) is 0 Å². The lowest BCUT2D eigenvalue weighted by molar-refractivity contribution is -0.113. The lowest BCUT2D eigenvalue weighted by atomic mass is 10.2. The third kappa shape index (κ3) is 4.85. The van der Waals surface area contributed by atoms with Crippen LogP contribution in [-0.2, 0) is 4.79 Å². The van der Waals surface area contributed by atoms with Gasteiger partial charge in [-0.3, -0.25) is 14.4 Å². The van der Waals surface area contributed by atoms with Crippen molar-refractivity contribution in [1.29, 1.82) is 0 Å². The number of benzene rings is 1. The highest BCUT2D eigenvalue weighted by Crippen LogP contribution is 2.14. The number of carbonyl (C=O) groups is 2. The van der Waals surface area contributed by atoms with Crippen LogP contribution in [0.1, 0.15) is 10.4 Å². The molecule has 120 valence electrons. The largest absolute Gasteiger partial charge is 0.383 e. The molecule has 0 spiro atoms. The molecule has 0 aliphatic rings. The van der Waals surface area contributed by atoms with E-state index in [0.717, 1.165) is 17.8 Å². The number of carbonyl (C=O) groups excluding carboxylic acids is 2. The molecule has 1 heterocycles. The SMILES string of the molecule is CNC(=O)c1cccc(NC(=O)CSc2nc(N)cc(=O)[nH]2)c1. The third-order valence-corrected chi connectivity index (χ3v) is 3.59. The number of aromatic nitrogens is 2. The molecular weight excluding hydrogens is 318 g/mol. The van der Waals surface area contributed by atoms with E-state index in [9.17, 15) is 14.4 Å². The van der Waals surface area contributed by atoms with Gasteiger partial charge in [0, 0.05) is 24.4 Å². The number of H-pyrrole nitrogens is 1. The van der Waals surface area contributed by atoms with E-state index in [0.29, 0.717) is 11.3 Å². The summed E-state index contributed by atoms with van der Waals surface area (Å²) in [7, 11) is 1.53. The third-order valence-electron chi connectivity index (χ3n) is 2.72. The summed E-state index contributed by atoms with van der Waals surface area (Å²) in [6, 6.07) is 7.72. The molecule has 0 radical (unpaired) electrons. The topological polar surface area (TPSA) is 130 Å². The molecule has 0 unspecified atom stereocenters. The van der Waals surface area contributed by atoms with Gasteiger partial charge < -0.3 is 21.4 Å². The number of rotatable bonds is 5. The predicted molar refractivity (Wildman–Crippen MR) is 88.5 cm³/mol. The molecule has 8 nitrogen and oxygen atoms in total. The maximum atomic E-state index is 11.9. The number of aromatic amines is 1. The fourth-order valence-electron chi connectivity index (χ4n) is 1.74. The highest BCUT2D eigenvalue weighted by Gasteiger charge is 2.08. The molecule has 23 heavy (non-hydrogen) atoms. The number of nitrogen functional groups attached to an aromatic ring is 1. The van der Waals surface area contributed by atoms with E-state index in [4.69, 9.17) is 5.73 Å². The Balaban J connectivity index is 1.97. The molecule has 0 aliphatic carbocycles. The van der Waals surface area contributed by atoms with Crippen LogP contribution < -0.4 is 21.9 Å². The van der Waals surface area contributed by atoms with Gasteiger partial charge in [0.1, 0.15) is 5.82 Å². The molecule has 0 saturated carbocycles. The summed E-state index contributed by atoms with van der Waals surface area (Å²) in [6.07, 6.45) is 0. The van der Waals surface area contributed by atoms with Gasteiger partial charge in [-0.1, -0.05) is 17.8 Å². The van der Waals surface area contributed by atoms with Gasteiger partial charge in [-0.05, 0) is 18.2 Å². The minimum absolute atomic E-state index is 0.0383. The van der Waals surface area contributed by atoms with Gasteiger partial charge in [-0.2, -0.15) is 0 Å². The Kier molecular flexibility index (Phi) is 5.36. The molecule has 5 N–H and O–H groups in total. The molecule has 0 atom stereocenters. The van der Waals surface area contributed by atoms with E-state index in [2.05, 4.69) is 20.6 Å². The zero-order chi connectivity index (χ0) is 16.8. The summed E-state index contributed by atoms with van der Waals surface area (Å²) in [6.45, 7) is 0. The highest BCUT2D eigenvalue weighted by molar-refractivity contribution is 7.99. The molecule has 0 saturated heterocycles. The van der Waals surface area contributed by atoms with Gasteiger partial charge in [0.25, 0.3) is 11.5 Å². The van der Waals surface area contributed by atoms with Crippen LogP contribution in [0.25, 0.3) is 0 Å². The summed E-state index contributed by atoms with van der Waals surface area (Å²) in [4.78, 5) is 41.1. The highest BCUT2D eigenvalue weighted by atomic mass is 32.2. The Morgan fingerprint density at radius 1 is 1.35 bits per heavy atom. The van der Waals surface area contributed by atoms with Crippen LogP contribution in [0.3, 0.4) is 0 Å². The van der Waals surface area contributed by atoms with Gasteiger partial charge >= 0.3 is 0 Å². The smallest absolute Gasteiger partial charge is 0.253 e. The molecule has 2 rings (SSSR count). The van der Waals surface area contributed by atoms with Crippen molar-refractivity contribution in [3.63, 3.8) is 0 Å². The molecule has 0 fully saturated rings. The number of anilines is 2. The molecule has 1 aromatic heterocycles. The Morgan fingerprint density at radius 3 is 2.83 bits per heavy atom. The van der Waals surface area contributed by atoms with Gasteiger partial charge in [0.05, 0.1) is 5.75 Å². The number of nitrogens with zero attached hydrogens (tertiary/aromatic N) is 1. The average molecular weight is 333 g/mol. The van der Waals surface area contributed by atoms with Crippen LogP contribution in [-0.4, -0.2) is 34.6 Å². The van der Waals surface area contributed by atoms with Crippen LogP contribution in [0.4, 0.5) is 11.5 Å². The second-order valence-electron chi connectivity index (χ2n) is 4.47. The average Bonchev–Trinajstić information content (AvgIpc) is 2.51. The lowest BCUT2D eigenvalue weighted by Crippen LogP contribution is -2.19. The number of hydrogen-bond acceptors (Lipinski definition) is 6. The van der Waals surface area contributed by atoms with Crippen molar-refractivity contribution in [3.05, 3.63) is 46.2 Å². The monoisotopic (exact) mass is 333 g/mol. The minimum atomic E-state index is -0.376. The second-order valence-corrected chi connectivity index (χ2v) is 5.44. The van der Waals surface area contributed by atoms with Crippen LogP contribution in [0.15, 0.2) is 40.3 Å². The fourth-order valence-corrected chi connectivity index (χ4v) is 2.42. The van der Waals surface area contributed by atoms with Crippen molar-refractivity contribution >= 4 is 35.1 Å². The molecular formula is C14H15N5O3S. The summed E-state index contributed by atoms with van der Waals surface area (Å²) in [5, 5.41) is 5.45. The Morgan fingerprint density at radius 2 is 2.13 bits per heavy atom. The van der Waals surface area contributed by atoms with E-state index in [1.165, 1.54) is 7.05 Å². The Bertz CT molecular complexity index is 790. The molecule has 1 aromatic carbocycles. The summed E-state index contributed by atoms with van der Waals surface area (Å²) in [5.41, 5.74) is 6.04. The molecule has 0 bridgehead atoms. The van der Waals surface area contributed by atoms with Crippen molar-refractivity contribution in [2.75, 3.05) is 23.9 Å². The van der Waals surface area contributed by atoms with Gasteiger partial charge in [0.15, 0.2) is 5.16 Å². The zero-order valence-electron chi connectivity index (χ0n) is 12.3. The zero-order valence-corrected chi connectivity index (χ0v) is 13.1. The lowest BCUT2D eigenvalue weighted by Gasteiger charge is -2.07. The van der Waals surface area contributed by atoms with Crippen LogP contribution in [0.2, 0.25) is 0 Å². The molecule has 0 aliphatic heterocycles. The van der Waals surface area contributed by atoms with Gasteiger partial charge in [0.2, 0.25) is 5.91 Å². The van der Waals surface area contributed by atoms with Gasteiger partial charge in [-0.15, -0.1) is 0 Å². The Labute approximate surface area is 135 Å². The van der Waals surface area contributed by atoms with Crippen molar-refractivity contribution in [1.82, 2.24) is 15.3 Å². The van der Waals surface area contributed by atoms with Crippen LogP contribution in [0.5, 0.6) is 0 Å². The number of nitrogens with one attached hydrogen (secondary N) is 3. The predicted octanol–water partition coefficient (Wildman–Crippen LogP) is 0.442. The standard InChI is InChI=1S/C14H15N5O3S/c1-16-13(22)8-3-2-4-9(5-8)17-12(21)7-23-14-18-10(15)6-11(20)19-14/h2-6H,7H2,1H3,(H,16,22)(H,17,21)(H3,15,18,19,20). The minimum Gasteiger partial charge on any atom is -0.383 e. The van der Waals surface area contributed by atoms with E-state index in [1.54, 1.807) is 24.3 Å². The van der Waals surface area contributed by atoms with Crippen molar-refractivity contribution < 1.29 is 9.59 Å². The van der Waals surface area contributed by atoms with Crippen LogP contribution >= 0.6 is 11.8 Å². The first-order chi connectivity index (χ1) is 11.0. The number of amides is 2. The quantitative estimate of drug-likeness (QED) is 0.464. The summed E-state index contributed by atoms with van der Waals surface area (Å²) < 4.78 is 0. The van der Waals surface area contributed by atoms with Crippen molar-refractivity contribution in [2.24, 2.45) is 0 Å². The number of hydrogen-bond donors (Lipinski definition) is 4. The molecule has 2 amide bonds. The van der Waals surface area contributed by atoms with Crippen LogP contribution in [0, 0.1) is 0 Å². The van der Waals surface area contributed by atoms with E-state index in [-0.39, 0.29) is 34.1 Å². The van der Waals surface area contributed by atoms with Gasteiger partial charge in [-0.25, -0.2) is 4.98 Å². The van der Waals surface area contributed by atoms with E-state index >= 15 is 0 Å². The first-order valence-corrected chi connectivity index (χ1v) is 7.58. The maximum absolute atomic E-state index is 11.9. The number of thioether (sulfide) groups is 1. The normalized spacial score (nSPS) is 10.1. The molecule has 9 heteroatoms. The molecule has 2 aromatic rings. The summed E-state index contributed by atoms with van der Waals surface area (Å²) >= 11 is 1.05. The second kappa shape index (κ2) is 7.45. The Hall–Kier alpha value is -2.81. The van der Waals surface area contributed by atoms with Crippen molar-refractivity contribution in [2.45, 2.75) is 5.16 Å².